The molecule has 0 aliphatic heterocycles. The molecule has 0 saturated carbocycles. The summed E-state index contributed by atoms with van der Waals surface area (Å²) in [6, 6.07) is 15.6. The van der Waals surface area contributed by atoms with Gasteiger partial charge in [-0.2, -0.15) is 0 Å². The van der Waals surface area contributed by atoms with E-state index >= 15 is 0 Å². The number of ether oxygens (including phenoxy) is 2. The number of methoxy groups -OCH3 is 1. The Bertz CT molecular complexity index is 551. The van der Waals surface area contributed by atoms with Crippen molar-refractivity contribution >= 4 is 0 Å². The zero-order valence-corrected chi connectivity index (χ0v) is 11.9. The maximum absolute atomic E-state index is 10.1. The quantitative estimate of drug-likeness (QED) is 0.877. The highest BCUT2D eigenvalue weighted by molar-refractivity contribution is 5.33. The number of hydrogen-bond donors (Lipinski definition) is 1. The maximum atomic E-state index is 10.1. The van der Waals surface area contributed by atoms with Crippen LogP contribution in [0.25, 0.3) is 0 Å². The summed E-state index contributed by atoms with van der Waals surface area (Å²) in [4.78, 5) is 0. The summed E-state index contributed by atoms with van der Waals surface area (Å²) in [7, 11) is 1.58. The first kappa shape index (κ1) is 14.6. The van der Waals surface area contributed by atoms with Gasteiger partial charge in [0.15, 0.2) is 0 Å². The topological polar surface area (TPSA) is 38.7 Å². The summed E-state index contributed by atoms with van der Waals surface area (Å²) in [5.41, 5.74) is 2.92. The average Bonchev–Trinajstić information content (AvgIpc) is 2.47. The lowest BCUT2D eigenvalue weighted by molar-refractivity contribution is 0.0632. The van der Waals surface area contributed by atoms with Gasteiger partial charge < -0.3 is 14.6 Å². The molecule has 0 radical (unpaired) electrons. The summed E-state index contributed by atoms with van der Waals surface area (Å²) in [5, 5.41) is 10.1. The van der Waals surface area contributed by atoms with Gasteiger partial charge in [0.1, 0.15) is 18.5 Å². The lowest BCUT2D eigenvalue weighted by atomic mass is 10.0. The molecular weight excluding hydrogens is 252 g/mol. The number of rotatable bonds is 6. The Labute approximate surface area is 119 Å². The normalized spacial score (nSPS) is 12.2. The third-order valence-corrected chi connectivity index (χ3v) is 3.22. The highest BCUT2D eigenvalue weighted by atomic mass is 16.5. The van der Waals surface area contributed by atoms with Crippen molar-refractivity contribution in [2.24, 2.45) is 0 Å². The Kier molecular flexibility index (Phi) is 5.16. The number of aliphatic hydroxyl groups excluding tert-OH is 1. The fraction of sp³-hybridized carbons (Fsp3) is 0.294. The standard InChI is InChI=1S/C17H20O3/c1-13-7-3-6-10-17(13)20-11-14-8-4-5-9-15(14)16(18)12-19-2/h3-10,16,18H,11-12H2,1-2H3. The second-order valence-corrected chi connectivity index (χ2v) is 4.72. The van der Waals surface area contributed by atoms with Gasteiger partial charge in [0, 0.05) is 7.11 Å². The minimum atomic E-state index is -0.628. The van der Waals surface area contributed by atoms with Gasteiger partial charge in [-0.25, -0.2) is 0 Å². The van der Waals surface area contributed by atoms with E-state index in [9.17, 15) is 5.11 Å². The summed E-state index contributed by atoms with van der Waals surface area (Å²) < 4.78 is 10.8. The fourth-order valence-electron chi connectivity index (χ4n) is 2.11. The Morgan fingerprint density at radius 1 is 1.05 bits per heavy atom. The average molecular weight is 272 g/mol. The maximum Gasteiger partial charge on any atom is 0.122 e. The summed E-state index contributed by atoms with van der Waals surface area (Å²) in [5.74, 6) is 0.864. The number of para-hydroxylation sites is 1. The van der Waals surface area contributed by atoms with Crippen molar-refractivity contribution < 1.29 is 14.6 Å². The smallest absolute Gasteiger partial charge is 0.122 e. The minimum absolute atomic E-state index is 0.279. The van der Waals surface area contributed by atoms with E-state index in [1.165, 1.54) is 0 Å². The van der Waals surface area contributed by atoms with Crippen LogP contribution in [0.2, 0.25) is 0 Å². The molecule has 0 amide bonds. The molecule has 0 aromatic heterocycles. The first-order chi connectivity index (χ1) is 9.72. The van der Waals surface area contributed by atoms with Crippen LogP contribution in [0, 0.1) is 6.92 Å². The van der Waals surface area contributed by atoms with Crippen molar-refractivity contribution in [3.63, 3.8) is 0 Å². The lowest BCUT2D eigenvalue weighted by Crippen LogP contribution is -2.09. The predicted octanol–water partition coefficient (Wildman–Crippen LogP) is 3.25. The minimum Gasteiger partial charge on any atom is -0.489 e. The van der Waals surface area contributed by atoms with Gasteiger partial charge >= 0.3 is 0 Å². The van der Waals surface area contributed by atoms with E-state index in [1.54, 1.807) is 7.11 Å². The van der Waals surface area contributed by atoms with Crippen LogP contribution in [0.4, 0.5) is 0 Å². The van der Waals surface area contributed by atoms with Gasteiger partial charge in [-0.05, 0) is 29.7 Å². The number of aryl methyl sites for hydroxylation is 1. The molecule has 0 heterocycles. The van der Waals surface area contributed by atoms with Crippen molar-refractivity contribution in [3.05, 3.63) is 65.2 Å². The predicted molar refractivity (Wildman–Crippen MR) is 78.8 cm³/mol. The zero-order chi connectivity index (χ0) is 14.4. The molecule has 0 aliphatic rings. The highest BCUT2D eigenvalue weighted by Gasteiger charge is 2.12. The first-order valence-corrected chi connectivity index (χ1v) is 6.65. The Balaban J connectivity index is 2.12. The molecule has 1 unspecified atom stereocenters. The van der Waals surface area contributed by atoms with E-state index in [1.807, 2.05) is 55.5 Å². The van der Waals surface area contributed by atoms with Crippen LogP contribution in [-0.4, -0.2) is 18.8 Å². The molecule has 0 fully saturated rings. The molecule has 0 bridgehead atoms. The van der Waals surface area contributed by atoms with Crippen LogP contribution >= 0.6 is 0 Å². The number of hydrogen-bond acceptors (Lipinski definition) is 3. The molecule has 0 aliphatic carbocycles. The highest BCUT2D eigenvalue weighted by Crippen LogP contribution is 2.22. The van der Waals surface area contributed by atoms with Crippen LogP contribution in [0.3, 0.4) is 0 Å². The Morgan fingerprint density at radius 3 is 2.50 bits per heavy atom. The van der Waals surface area contributed by atoms with Crippen LogP contribution < -0.4 is 4.74 Å². The molecular formula is C17H20O3. The third kappa shape index (κ3) is 3.59. The SMILES string of the molecule is COCC(O)c1ccccc1COc1ccccc1C. The van der Waals surface area contributed by atoms with Crippen molar-refractivity contribution in [3.8, 4) is 5.75 Å². The van der Waals surface area contributed by atoms with Gasteiger partial charge in [0.25, 0.3) is 0 Å². The first-order valence-electron chi connectivity index (χ1n) is 6.65. The second-order valence-electron chi connectivity index (χ2n) is 4.72. The van der Waals surface area contributed by atoms with Crippen molar-refractivity contribution in [2.75, 3.05) is 13.7 Å². The number of benzene rings is 2. The van der Waals surface area contributed by atoms with Crippen LogP contribution in [0.1, 0.15) is 22.8 Å². The molecule has 2 aromatic carbocycles. The van der Waals surface area contributed by atoms with E-state index in [-0.39, 0.29) is 6.61 Å². The van der Waals surface area contributed by atoms with Crippen LogP contribution in [0.15, 0.2) is 48.5 Å². The molecule has 3 nitrogen and oxygen atoms in total. The second kappa shape index (κ2) is 7.08. The van der Waals surface area contributed by atoms with Gasteiger partial charge in [-0.3, -0.25) is 0 Å². The molecule has 0 spiro atoms. The fourth-order valence-corrected chi connectivity index (χ4v) is 2.11. The molecule has 3 heteroatoms. The molecule has 2 rings (SSSR count). The summed E-state index contributed by atoms with van der Waals surface area (Å²) in [6.45, 7) is 2.73. The van der Waals surface area contributed by atoms with E-state index < -0.39 is 6.10 Å². The number of aliphatic hydroxyl groups is 1. The molecule has 2 aromatic rings. The van der Waals surface area contributed by atoms with E-state index in [0.717, 1.165) is 22.4 Å². The van der Waals surface area contributed by atoms with Crippen LogP contribution in [-0.2, 0) is 11.3 Å². The Morgan fingerprint density at radius 2 is 1.75 bits per heavy atom. The largest absolute Gasteiger partial charge is 0.489 e. The molecule has 106 valence electrons. The van der Waals surface area contributed by atoms with E-state index in [2.05, 4.69) is 0 Å². The van der Waals surface area contributed by atoms with Crippen LogP contribution in [0.5, 0.6) is 5.75 Å². The lowest BCUT2D eigenvalue weighted by Gasteiger charge is -2.16. The van der Waals surface area contributed by atoms with E-state index in [0.29, 0.717) is 6.61 Å². The van der Waals surface area contributed by atoms with E-state index in [4.69, 9.17) is 9.47 Å². The molecule has 1 atom stereocenters. The molecule has 20 heavy (non-hydrogen) atoms. The monoisotopic (exact) mass is 272 g/mol. The Hall–Kier alpha value is -1.84. The van der Waals surface area contributed by atoms with Gasteiger partial charge in [-0.15, -0.1) is 0 Å². The van der Waals surface area contributed by atoms with Gasteiger partial charge in [-0.1, -0.05) is 42.5 Å². The third-order valence-electron chi connectivity index (χ3n) is 3.22. The van der Waals surface area contributed by atoms with Gasteiger partial charge in [0.2, 0.25) is 0 Å². The molecule has 1 N–H and O–H groups in total. The van der Waals surface area contributed by atoms with Crippen molar-refractivity contribution in [1.82, 2.24) is 0 Å². The molecule has 0 saturated heterocycles. The zero-order valence-electron chi connectivity index (χ0n) is 11.9. The van der Waals surface area contributed by atoms with Crippen molar-refractivity contribution in [1.29, 1.82) is 0 Å². The van der Waals surface area contributed by atoms with Gasteiger partial charge in [0.05, 0.1) is 6.61 Å². The summed E-state index contributed by atoms with van der Waals surface area (Å²) in [6.07, 6.45) is -0.628. The summed E-state index contributed by atoms with van der Waals surface area (Å²) >= 11 is 0. The van der Waals surface area contributed by atoms with Crippen molar-refractivity contribution in [2.45, 2.75) is 19.6 Å².